The number of ketones is 1. The van der Waals surface area contributed by atoms with Crippen LogP contribution in [0.5, 0.6) is 0 Å². The van der Waals surface area contributed by atoms with Crippen LogP contribution in [-0.2, 0) is 14.3 Å². The molecule has 0 aliphatic heterocycles. The van der Waals surface area contributed by atoms with Crippen molar-refractivity contribution >= 4 is 12.3 Å². The van der Waals surface area contributed by atoms with Gasteiger partial charge in [-0.2, -0.15) is 13.2 Å². The van der Waals surface area contributed by atoms with Gasteiger partial charge in [0, 0.05) is 0 Å². The number of hydrogen-bond acceptors (Lipinski definition) is 3. The summed E-state index contributed by atoms with van der Waals surface area (Å²) in [4.78, 5) is 20.3. The first-order valence-electron chi connectivity index (χ1n) is 3.40. The van der Waals surface area contributed by atoms with E-state index in [-0.39, 0.29) is 6.47 Å². The molecule has 0 radical (unpaired) electrons. The summed E-state index contributed by atoms with van der Waals surface area (Å²) in [5, 5.41) is 0. The summed E-state index contributed by atoms with van der Waals surface area (Å²) < 4.78 is 39.5. The van der Waals surface area contributed by atoms with E-state index in [1.165, 1.54) is 13.8 Å². The third-order valence-corrected chi connectivity index (χ3v) is 1.27. The Kier molecular flexibility index (Phi) is 3.45. The van der Waals surface area contributed by atoms with E-state index in [0.29, 0.717) is 0 Å². The standard InChI is InChI=1S/C7H9F3O3/c1-6(2,13-4-11)3-5(12)7(8,9)10/h4H,3H2,1-2H3. The summed E-state index contributed by atoms with van der Waals surface area (Å²) in [7, 11) is 0. The second-order valence-electron chi connectivity index (χ2n) is 3.07. The molecule has 0 amide bonds. The average molecular weight is 198 g/mol. The highest BCUT2D eigenvalue weighted by atomic mass is 19.4. The Morgan fingerprint density at radius 1 is 1.38 bits per heavy atom. The summed E-state index contributed by atoms with van der Waals surface area (Å²) in [5.74, 6) is -1.90. The highest BCUT2D eigenvalue weighted by Crippen LogP contribution is 2.23. The Hall–Kier alpha value is -1.07. The molecule has 0 N–H and O–H groups in total. The summed E-state index contributed by atoms with van der Waals surface area (Å²) in [5.41, 5.74) is -1.41. The SMILES string of the molecule is CC(C)(CC(=O)C(F)(F)F)OC=O. The monoisotopic (exact) mass is 198 g/mol. The normalized spacial score (nSPS) is 12.4. The zero-order chi connectivity index (χ0) is 10.7. The molecule has 0 aliphatic carbocycles. The maximum absolute atomic E-state index is 11.7. The lowest BCUT2D eigenvalue weighted by Crippen LogP contribution is -2.34. The lowest BCUT2D eigenvalue weighted by molar-refractivity contribution is -0.176. The number of alkyl halides is 3. The largest absolute Gasteiger partial charge is 0.461 e. The van der Waals surface area contributed by atoms with Gasteiger partial charge in [0.1, 0.15) is 5.60 Å². The second kappa shape index (κ2) is 3.76. The maximum atomic E-state index is 11.7. The first-order valence-corrected chi connectivity index (χ1v) is 3.40. The van der Waals surface area contributed by atoms with Crippen molar-refractivity contribution in [2.45, 2.75) is 32.0 Å². The third-order valence-electron chi connectivity index (χ3n) is 1.27. The molecule has 0 aromatic heterocycles. The van der Waals surface area contributed by atoms with Crippen LogP contribution in [0.15, 0.2) is 0 Å². The van der Waals surface area contributed by atoms with E-state index in [1.54, 1.807) is 0 Å². The van der Waals surface area contributed by atoms with E-state index < -0.39 is 24.0 Å². The molecule has 76 valence electrons. The van der Waals surface area contributed by atoms with Crippen molar-refractivity contribution in [2.75, 3.05) is 0 Å². The first kappa shape index (κ1) is 11.9. The van der Waals surface area contributed by atoms with Crippen LogP contribution >= 0.6 is 0 Å². The maximum Gasteiger partial charge on any atom is 0.450 e. The molecule has 0 aromatic rings. The van der Waals surface area contributed by atoms with Gasteiger partial charge in [0.25, 0.3) is 6.47 Å². The molecule has 0 aliphatic rings. The van der Waals surface area contributed by atoms with E-state index in [0.717, 1.165) is 0 Å². The van der Waals surface area contributed by atoms with Crippen LogP contribution in [0.25, 0.3) is 0 Å². The number of carbonyl (C=O) groups excluding carboxylic acids is 2. The van der Waals surface area contributed by atoms with E-state index in [9.17, 15) is 22.8 Å². The fourth-order valence-corrected chi connectivity index (χ4v) is 0.659. The lowest BCUT2D eigenvalue weighted by atomic mass is 10.0. The zero-order valence-corrected chi connectivity index (χ0v) is 7.14. The number of hydrogen-bond donors (Lipinski definition) is 0. The molecule has 0 fully saturated rings. The van der Waals surface area contributed by atoms with Gasteiger partial charge in [-0.3, -0.25) is 9.59 Å². The smallest absolute Gasteiger partial charge is 0.450 e. The third kappa shape index (κ3) is 4.49. The van der Waals surface area contributed by atoms with Gasteiger partial charge in [-0.15, -0.1) is 0 Å². The molecular formula is C7H9F3O3. The molecule has 6 heteroatoms. The minimum Gasteiger partial charge on any atom is -0.461 e. The quantitative estimate of drug-likeness (QED) is 0.642. The zero-order valence-electron chi connectivity index (χ0n) is 7.14. The Labute approximate surface area is 72.9 Å². The van der Waals surface area contributed by atoms with Gasteiger partial charge in [-0.25, -0.2) is 0 Å². The van der Waals surface area contributed by atoms with Crippen LogP contribution in [0, 0.1) is 0 Å². The number of rotatable bonds is 4. The van der Waals surface area contributed by atoms with Crippen molar-refractivity contribution in [3.63, 3.8) is 0 Å². The predicted molar refractivity (Wildman–Crippen MR) is 36.9 cm³/mol. The minimum atomic E-state index is -4.87. The second-order valence-corrected chi connectivity index (χ2v) is 3.07. The van der Waals surface area contributed by atoms with Crippen molar-refractivity contribution in [1.82, 2.24) is 0 Å². The van der Waals surface area contributed by atoms with Gasteiger partial charge < -0.3 is 4.74 Å². The molecule has 0 saturated heterocycles. The van der Waals surface area contributed by atoms with E-state index in [2.05, 4.69) is 4.74 Å². The fourth-order valence-electron chi connectivity index (χ4n) is 0.659. The molecule has 0 saturated carbocycles. The number of carbonyl (C=O) groups is 2. The molecule has 0 aromatic carbocycles. The van der Waals surface area contributed by atoms with Crippen LogP contribution in [0.4, 0.5) is 13.2 Å². The molecule has 3 nitrogen and oxygen atoms in total. The van der Waals surface area contributed by atoms with Crippen LogP contribution < -0.4 is 0 Å². The van der Waals surface area contributed by atoms with Crippen molar-refractivity contribution in [1.29, 1.82) is 0 Å². The van der Waals surface area contributed by atoms with Crippen molar-refractivity contribution in [3.8, 4) is 0 Å². The predicted octanol–water partition coefficient (Wildman–Crippen LogP) is 1.46. The van der Waals surface area contributed by atoms with Crippen LogP contribution in [-0.4, -0.2) is 24.0 Å². The molecule has 0 bridgehead atoms. The molecule has 13 heavy (non-hydrogen) atoms. The Morgan fingerprint density at radius 3 is 2.15 bits per heavy atom. The lowest BCUT2D eigenvalue weighted by Gasteiger charge is -2.21. The molecular weight excluding hydrogens is 189 g/mol. The van der Waals surface area contributed by atoms with Gasteiger partial charge in [0.2, 0.25) is 5.78 Å². The topological polar surface area (TPSA) is 43.4 Å². The van der Waals surface area contributed by atoms with E-state index in [4.69, 9.17) is 0 Å². The number of Topliss-reactive ketones (excluding diaryl/α,β-unsaturated/α-hetero) is 1. The van der Waals surface area contributed by atoms with Crippen LogP contribution in [0.2, 0.25) is 0 Å². The van der Waals surface area contributed by atoms with Gasteiger partial charge in [-0.05, 0) is 13.8 Å². The van der Waals surface area contributed by atoms with Gasteiger partial charge in [0.05, 0.1) is 6.42 Å². The van der Waals surface area contributed by atoms with Crippen molar-refractivity contribution in [3.05, 3.63) is 0 Å². The number of halogens is 3. The van der Waals surface area contributed by atoms with Crippen molar-refractivity contribution in [2.24, 2.45) is 0 Å². The molecule has 0 heterocycles. The van der Waals surface area contributed by atoms with Gasteiger partial charge in [0.15, 0.2) is 0 Å². The van der Waals surface area contributed by atoms with Crippen LogP contribution in [0.1, 0.15) is 20.3 Å². The molecule has 0 unspecified atom stereocenters. The van der Waals surface area contributed by atoms with E-state index >= 15 is 0 Å². The number of ether oxygens (including phenoxy) is 1. The van der Waals surface area contributed by atoms with Gasteiger partial charge >= 0.3 is 6.18 Å². The van der Waals surface area contributed by atoms with Gasteiger partial charge in [-0.1, -0.05) is 0 Å². The molecule has 0 rings (SSSR count). The molecule has 0 spiro atoms. The average Bonchev–Trinajstić information content (AvgIpc) is 1.83. The summed E-state index contributed by atoms with van der Waals surface area (Å²) in [6.45, 7) is 2.47. The fraction of sp³-hybridized carbons (Fsp3) is 0.714. The Morgan fingerprint density at radius 2 is 1.85 bits per heavy atom. The summed E-state index contributed by atoms with van der Waals surface area (Å²) in [6, 6.07) is 0. The summed E-state index contributed by atoms with van der Waals surface area (Å²) >= 11 is 0. The molecule has 0 atom stereocenters. The Balaban J connectivity index is 4.28. The minimum absolute atomic E-state index is 0.0175. The highest BCUT2D eigenvalue weighted by Gasteiger charge is 2.41. The van der Waals surface area contributed by atoms with Crippen LogP contribution in [0.3, 0.4) is 0 Å². The van der Waals surface area contributed by atoms with E-state index in [1.807, 2.05) is 0 Å². The summed E-state index contributed by atoms with van der Waals surface area (Å²) in [6.07, 6.45) is -5.74. The first-order chi connectivity index (χ1) is 5.69. The van der Waals surface area contributed by atoms with Crippen molar-refractivity contribution < 1.29 is 27.5 Å². The highest BCUT2D eigenvalue weighted by molar-refractivity contribution is 5.84. The Bertz CT molecular complexity index is 208.